The van der Waals surface area contributed by atoms with Crippen molar-refractivity contribution in [1.29, 1.82) is 0 Å². The summed E-state index contributed by atoms with van der Waals surface area (Å²) in [6.07, 6.45) is 0. The van der Waals surface area contributed by atoms with Gasteiger partial charge in [-0.05, 0) is 10.8 Å². The average Bonchev–Trinajstić information content (AvgIpc) is 2.27. The molecule has 0 spiro atoms. The highest BCUT2D eigenvalue weighted by Gasteiger charge is 2.04. The Balaban J connectivity index is 2.53. The molecule has 0 saturated heterocycles. The highest BCUT2D eigenvalue weighted by atomic mass is 28.3. The van der Waals surface area contributed by atoms with Crippen LogP contribution in [0, 0.1) is 0 Å². The molecule has 0 fully saturated rings. The molecule has 0 aliphatic rings. The van der Waals surface area contributed by atoms with Crippen LogP contribution in [0.1, 0.15) is 0 Å². The summed E-state index contributed by atoms with van der Waals surface area (Å²) in [4.78, 5) is 0. The lowest BCUT2D eigenvalue weighted by atomic mass is 10.1. The standard InChI is InChI=1S/C14H18Si2/c1-15(2)13-7-5-12-10-14(16(3)4)8-6-11(12)9-13/h5-10H,1-4H3. The summed E-state index contributed by atoms with van der Waals surface area (Å²) in [6.45, 7) is 9.39. The van der Waals surface area contributed by atoms with Gasteiger partial charge >= 0.3 is 0 Å². The lowest BCUT2D eigenvalue weighted by Gasteiger charge is -2.08. The topological polar surface area (TPSA) is 0 Å². The van der Waals surface area contributed by atoms with Crippen molar-refractivity contribution >= 4 is 38.7 Å². The van der Waals surface area contributed by atoms with E-state index >= 15 is 0 Å². The minimum atomic E-state index is -0.322. The van der Waals surface area contributed by atoms with Crippen LogP contribution in [0.5, 0.6) is 0 Å². The Morgan fingerprint density at radius 2 is 1.00 bits per heavy atom. The molecule has 2 heteroatoms. The van der Waals surface area contributed by atoms with Gasteiger partial charge in [0.05, 0.1) is 17.6 Å². The summed E-state index contributed by atoms with van der Waals surface area (Å²) in [6, 6.07) is 13.9. The maximum atomic E-state index is 2.37. The van der Waals surface area contributed by atoms with Gasteiger partial charge in [-0.15, -0.1) is 0 Å². The van der Waals surface area contributed by atoms with Crippen LogP contribution < -0.4 is 10.4 Å². The van der Waals surface area contributed by atoms with E-state index < -0.39 is 0 Å². The molecule has 0 aromatic heterocycles. The normalized spacial score (nSPS) is 11.6. The SMILES string of the molecule is C[Si](C)c1ccc2cc([Si](C)C)ccc2c1. The van der Waals surface area contributed by atoms with Crippen molar-refractivity contribution in [2.24, 2.45) is 0 Å². The van der Waals surface area contributed by atoms with Crippen LogP contribution in [0.3, 0.4) is 0 Å². The third-order valence-electron chi connectivity index (χ3n) is 2.99. The monoisotopic (exact) mass is 242 g/mol. The summed E-state index contributed by atoms with van der Waals surface area (Å²) in [5.41, 5.74) is 0. The largest absolute Gasteiger partial charge is 0.0791 e. The highest BCUT2D eigenvalue weighted by Crippen LogP contribution is 2.11. The van der Waals surface area contributed by atoms with Crippen LogP contribution in [0.4, 0.5) is 0 Å². The van der Waals surface area contributed by atoms with Crippen LogP contribution in [0.2, 0.25) is 26.2 Å². The number of hydrogen-bond acceptors (Lipinski definition) is 0. The van der Waals surface area contributed by atoms with Crippen molar-refractivity contribution in [1.82, 2.24) is 0 Å². The predicted octanol–water partition coefficient (Wildman–Crippen LogP) is 2.76. The van der Waals surface area contributed by atoms with Crippen molar-refractivity contribution < 1.29 is 0 Å². The molecule has 2 aromatic rings. The van der Waals surface area contributed by atoms with Gasteiger partial charge in [0, 0.05) is 0 Å². The number of hydrogen-bond donors (Lipinski definition) is 0. The molecule has 0 amide bonds. The maximum Gasteiger partial charge on any atom is 0.0791 e. The summed E-state index contributed by atoms with van der Waals surface area (Å²) < 4.78 is 0. The molecule has 16 heavy (non-hydrogen) atoms. The van der Waals surface area contributed by atoms with Gasteiger partial charge < -0.3 is 0 Å². The zero-order chi connectivity index (χ0) is 11.7. The van der Waals surface area contributed by atoms with Crippen LogP contribution >= 0.6 is 0 Å². The van der Waals surface area contributed by atoms with Gasteiger partial charge in [-0.1, -0.05) is 73.0 Å². The zero-order valence-electron chi connectivity index (χ0n) is 10.5. The average molecular weight is 242 g/mol. The van der Waals surface area contributed by atoms with Gasteiger partial charge in [0.2, 0.25) is 0 Å². The molecule has 0 nitrogen and oxygen atoms in total. The minimum Gasteiger partial charge on any atom is -0.0671 e. The fourth-order valence-corrected chi connectivity index (χ4v) is 3.59. The van der Waals surface area contributed by atoms with E-state index in [-0.39, 0.29) is 17.6 Å². The third-order valence-corrected chi connectivity index (χ3v) is 5.93. The molecule has 0 saturated carbocycles. The Hall–Kier alpha value is -0.866. The highest BCUT2D eigenvalue weighted by molar-refractivity contribution is 6.71. The first kappa shape index (κ1) is 11.6. The zero-order valence-corrected chi connectivity index (χ0v) is 12.5. The van der Waals surface area contributed by atoms with E-state index in [9.17, 15) is 0 Å². The first-order valence-corrected chi connectivity index (χ1v) is 10.7. The second kappa shape index (κ2) is 4.56. The molecule has 0 unspecified atom stereocenters. The molecule has 0 aliphatic heterocycles. The Bertz CT molecular complexity index is 454. The molecule has 0 bridgehead atoms. The Labute approximate surface area is 102 Å². The van der Waals surface area contributed by atoms with Crippen molar-refractivity contribution in [3.05, 3.63) is 36.4 Å². The molecule has 0 atom stereocenters. The Kier molecular flexibility index (Phi) is 3.31. The summed E-state index contributed by atoms with van der Waals surface area (Å²) in [5.74, 6) is 0. The quantitative estimate of drug-likeness (QED) is 0.711. The first-order valence-electron chi connectivity index (χ1n) is 5.73. The van der Waals surface area contributed by atoms with Crippen molar-refractivity contribution in [2.45, 2.75) is 26.2 Å². The van der Waals surface area contributed by atoms with Crippen LogP contribution in [0.15, 0.2) is 36.4 Å². The Morgan fingerprint density at radius 1 is 0.625 bits per heavy atom. The minimum absolute atomic E-state index is 0.322. The van der Waals surface area contributed by atoms with E-state index in [0.717, 1.165) is 0 Å². The summed E-state index contributed by atoms with van der Waals surface area (Å²) in [7, 11) is -0.645. The van der Waals surface area contributed by atoms with Gasteiger partial charge in [0.15, 0.2) is 0 Å². The van der Waals surface area contributed by atoms with Gasteiger partial charge in [0.25, 0.3) is 0 Å². The third kappa shape index (κ3) is 2.28. The number of rotatable bonds is 2. The van der Waals surface area contributed by atoms with Gasteiger partial charge in [-0.3, -0.25) is 0 Å². The molecule has 82 valence electrons. The van der Waals surface area contributed by atoms with Crippen molar-refractivity contribution in [3.8, 4) is 0 Å². The predicted molar refractivity (Wildman–Crippen MR) is 78.2 cm³/mol. The van der Waals surface area contributed by atoms with E-state index in [1.165, 1.54) is 21.1 Å². The van der Waals surface area contributed by atoms with E-state index in [1.807, 2.05) is 0 Å². The van der Waals surface area contributed by atoms with E-state index in [1.54, 1.807) is 0 Å². The summed E-state index contributed by atoms with van der Waals surface area (Å²) >= 11 is 0. The molecular weight excluding hydrogens is 224 g/mol. The van der Waals surface area contributed by atoms with Gasteiger partial charge in [-0.2, -0.15) is 0 Å². The van der Waals surface area contributed by atoms with E-state index in [2.05, 4.69) is 62.6 Å². The van der Waals surface area contributed by atoms with Crippen LogP contribution in [-0.2, 0) is 0 Å². The van der Waals surface area contributed by atoms with E-state index in [0.29, 0.717) is 0 Å². The molecular formula is C14H18Si2. The molecule has 2 rings (SSSR count). The second-order valence-electron chi connectivity index (χ2n) is 4.78. The van der Waals surface area contributed by atoms with Crippen molar-refractivity contribution in [2.75, 3.05) is 0 Å². The second-order valence-corrected chi connectivity index (χ2v) is 9.93. The van der Waals surface area contributed by atoms with E-state index in [4.69, 9.17) is 0 Å². The first-order chi connectivity index (χ1) is 7.58. The smallest absolute Gasteiger partial charge is 0.0671 e. The number of benzene rings is 2. The lowest BCUT2D eigenvalue weighted by molar-refractivity contribution is 1.78. The molecule has 0 heterocycles. The lowest BCUT2D eigenvalue weighted by Crippen LogP contribution is -2.23. The fraction of sp³-hybridized carbons (Fsp3) is 0.286. The molecule has 0 aliphatic carbocycles. The molecule has 2 aromatic carbocycles. The van der Waals surface area contributed by atoms with Gasteiger partial charge in [0.1, 0.15) is 0 Å². The molecule has 0 N–H and O–H groups in total. The fourth-order valence-electron chi connectivity index (χ4n) is 1.87. The Morgan fingerprint density at radius 3 is 1.31 bits per heavy atom. The van der Waals surface area contributed by atoms with Crippen LogP contribution in [0.25, 0.3) is 10.8 Å². The van der Waals surface area contributed by atoms with Gasteiger partial charge in [-0.25, -0.2) is 0 Å². The number of fused-ring (bicyclic) bond motifs is 1. The van der Waals surface area contributed by atoms with Crippen molar-refractivity contribution in [3.63, 3.8) is 0 Å². The summed E-state index contributed by atoms with van der Waals surface area (Å²) in [5, 5.41) is 5.86. The van der Waals surface area contributed by atoms with Crippen LogP contribution in [-0.4, -0.2) is 17.6 Å². The maximum absolute atomic E-state index is 2.37. The molecule has 2 radical (unpaired) electrons.